The molecule has 10 heavy (non-hydrogen) atoms. The molecule has 0 aromatic heterocycles. The van der Waals surface area contributed by atoms with Gasteiger partial charge in [0.1, 0.15) is 11.7 Å². The molecule has 1 aliphatic heterocycles. The lowest BCUT2D eigenvalue weighted by Crippen LogP contribution is -2.29. The highest BCUT2D eigenvalue weighted by Crippen LogP contribution is 2.03. The minimum Gasteiger partial charge on any atom is -0.312 e. The maximum atomic E-state index is 7.34. The molecule has 0 aromatic carbocycles. The Kier molecular flexibility index (Phi) is 1.85. The van der Waals surface area contributed by atoms with E-state index in [9.17, 15) is 0 Å². The minimum absolute atomic E-state index is 0.437. The topological polar surface area (TPSA) is 50.9 Å². The van der Waals surface area contributed by atoms with Crippen molar-refractivity contribution in [2.75, 3.05) is 6.54 Å². The summed E-state index contributed by atoms with van der Waals surface area (Å²) in [5.74, 6) is 0.874. The van der Waals surface area contributed by atoms with Crippen LogP contribution in [0.25, 0.3) is 0 Å². The summed E-state index contributed by atoms with van der Waals surface area (Å²) < 4.78 is 0. The molecule has 1 rings (SSSR count). The molecule has 0 aromatic rings. The zero-order valence-corrected chi connectivity index (χ0v) is 6.02. The first-order chi connectivity index (χ1) is 4.75. The van der Waals surface area contributed by atoms with E-state index in [1.807, 2.05) is 6.92 Å². The van der Waals surface area contributed by atoms with E-state index in [0.29, 0.717) is 11.7 Å². The summed E-state index contributed by atoms with van der Waals surface area (Å²) in [7, 11) is 0. The van der Waals surface area contributed by atoms with Crippen LogP contribution in [0, 0.1) is 10.8 Å². The first-order valence-corrected chi connectivity index (χ1v) is 3.38. The zero-order chi connectivity index (χ0) is 7.56. The number of amidine groups is 2. The van der Waals surface area contributed by atoms with E-state index < -0.39 is 0 Å². The summed E-state index contributed by atoms with van der Waals surface area (Å²) in [5, 5.41) is 14.7. The van der Waals surface area contributed by atoms with E-state index in [0.717, 1.165) is 13.0 Å². The molecule has 3 nitrogen and oxygen atoms in total. The fourth-order valence-corrected chi connectivity index (χ4v) is 0.932. The van der Waals surface area contributed by atoms with Crippen molar-refractivity contribution in [2.24, 2.45) is 0 Å². The summed E-state index contributed by atoms with van der Waals surface area (Å²) in [5.41, 5.74) is 0. The molecule has 1 heterocycles. The van der Waals surface area contributed by atoms with Crippen molar-refractivity contribution in [1.82, 2.24) is 4.90 Å². The summed E-state index contributed by atoms with van der Waals surface area (Å²) in [6.45, 7) is 2.82. The number of nitrogens with one attached hydrogen (secondary N) is 2. The van der Waals surface area contributed by atoms with Gasteiger partial charge < -0.3 is 4.90 Å². The van der Waals surface area contributed by atoms with Crippen LogP contribution in [0.3, 0.4) is 0 Å². The first kappa shape index (κ1) is 6.99. The Hall–Kier alpha value is -1.12. The molecule has 0 saturated carbocycles. The number of rotatable bonds is 2. The van der Waals surface area contributed by atoms with Gasteiger partial charge in [-0.25, -0.2) is 0 Å². The van der Waals surface area contributed by atoms with Crippen LogP contribution in [0.1, 0.15) is 13.3 Å². The van der Waals surface area contributed by atoms with Crippen molar-refractivity contribution >= 4 is 11.7 Å². The molecular weight excluding hydrogens is 126 g/mol. The SMILES string of the molecule is CCCN1C(=N)C=CC1=N. The van der Waals surface area contributed by atoms with Gasteiger partial charge in [0.05, 0.1) is 0 Å². The third-order valence-corrected chi connectivity index (χ3v) is 1.43. The largest absolute Gasteiger partial charge is 0.312 e. The lowest BCUT2D eigenvalue weighted by atomic mass is 10.4. The Morgan fingerprint density at radius 2 is 1.80 bits per heavy atom. The van der Waals surface area contributed by atoms with Crippen LogP contribution < -0.4 is 0 Å². The monoisotopic (exact) mass is 137 g/mol. The van der Waals surface area contributed by atoms with Gasteiger partial charge in [-0.2, -0.15) is 0 Å². The highest BCUT2D eigenvalue weighted by molar-refractivity contribution is 6.15. The molecule has 0 amide bonds. The van der Waals surface area contributed by atoms with Crippen LogP contribution in [0.5, 0.6) is 0 Å². The second kappa shape index (κ2) is 2.64. The highest BCUT2D eigenvalue weighted by Gasteiger charge is 2.14. The van der Waals surface area contributed by atoms with Gasteiger partial charge >= 0.3 is 0 Å². The zero-order valence-electron chi connectivity index (χ0n) is 6.02. The highest BCUT2D eigenvalue weighted by atomic mass is 15.2. The summed E-state index contributed by atoms with van der Waals surface area (Å²) >= 11 is 0. The van der Waals surface area contributed by atoms with Crippen LogP contribution in [0.2, 0.25) is 0 Å². The number of nitrogens with zero attached hydrogens (tertiary/aromatic N) is 1. The second-order valence-electron chi connectivity index (χ2n) is 2.26. The van der Waals surface area contributed by atoms with Gasteiger partial charge in [0.25, 0.3) is 0 Å². The molecule has 1 aliphatic rings. The maximum Gasteiger partial charge on any atom is 0.126 e. The fourth-order valence-electron chi connectivity index (χ4n) is 0.932. The lowest BCUT2D eigenvalue weighted by Gasteiger charge is -2.15. The molecule has 3 heteroatoms. The van der Waals surface area contributed by atoms with Gasteiger partial charge in [-0.1, -0.05) is 6.92 Å². The molecular formula is C7H11N3. The maximum absolute atomic E-state index is 7.34. The van der Waals surface area contributed by atoms with E-state index in [1.165, 1.54) is 0 Å². The van der Waals surface area contributed by atoms with Crippen molar-refractivity contribution in [3.8, 4) is 0 Å². The molecule has 0 unspecified atom stereocenters. The third-order valence-electron chi connectivity index (χ3n) is 1.43. The van der Waals surface area contributed by atoms with Gasteiger partial charge in [0, 0.05) is 6.54 Å². The predicted molar refractivity (Wildman–Crippen MR) is 41.6 cm³/mol. The Bertz CT molecular complexity index is 175. The summed E-state index contributed by atoms with van der Waals surface area (Å²) in [6, 6.07) is 0. The van der Waals surface area contributed by atoms with Gasteiger partial charge in [-0.15, -0.1) is 0 Å². The Morgan fingerprint density at radius 1 is 1.30 bits per heavy atom. The molecule has 54 valence electrons. The van der Waals surface area contributed by atoms with Gasteiger partial charge in [0.2, 0.25) is 0 Å². The summed E-state index contributed by atoms with van der Waals surface area (Å²) in [6.07, 6.45) is 4.28. The summed E-state index contributed by atoms with van der Waals surface area (Å²) in [4.78, 5) is 1.68. The van der Waals surface area contributed by atoms with Crippen molar-refractivity contribution < 1.29 is 0 Å². The Labute approximate surface area is 60.4 Å². The minimum atomic E-state index is 0.437. The Balaban J connectivity index is 2.60. The van der Waals surface area contributed by atoms with Crippen molar-refractivity contribution in [3.63, 3.8) is 0 Å². The quantitative estimate of drug-likeness (QED) is 0.590. The fraction of sp³-hybridized carbons (Fsp3) is 0.429. The van der Waals surface area contributed by atoms with Gasteiger partial charge in [-0.05, 0) is 18.6 Å². The van der Waals surface area contributed by atoms with Crippen LogP contribution in [-0.2, 0) is 0 Å². The van der Waals surface area contributed by atoms with E-state index in [4.69, 9.17) is 10.8 Å². The van der Waals surface area contributed by atoms with E-state index >= 15 is 0 Å². The molecule has 0 bridgehead atoms. The first-order valence-electron chi connectivity index (χ1n) is 3.38. The van der Waals surface area contributed by atoms with Crippen molar-refractivity contribution in [3.05, 3.63) is 12.2 Å². The van der Waals surface area contributed by atoms with Crippen molar-refractivity contribution in [2.45, 2.75) is 13.3 Å². The van der Waals surface area contributed by atoms with E-state index in [2.05, 4.69) is 0 Å². The smallest absolute Gasteiger partial charge is 0.126 e. The van der Waals surface area contributed by atoms with Crippen molar-refractivity contribution in [1.29, 1.82) is 10.8 Å². The van der Waals surface area contributed by atoms with E-state index in [-0.39, 0.29) is 0 Å². The second-order valence-corrected chi connectivity index (χ2v) is 2.26. The van der Waals surface area contributed by atoms with Crippen LogP contribution >= 0.6 is 0 Å². The molecule has 0 radical (unpaired) electrons. The average molecular weight is 137 g/mol. The molecule has 0 saturated heterocycles. The van der Waals surface area contributed by atoms with Crippen LogP contribution in [0.15, 0.2) is 12.2 Å². The molecule has 0 atom stereocenters. The number of hydrogen-bond acceptors (Lipinski definition) is 2. The van der Waals surface area contributed by atoms with Crippen LogP contribution in [-0.4, -0.2) is 23.1 Å². The van der Waals surface area contributed by atoms with Crippen LogP contribution in [0.4, 0.5) is 0 Å². The Morgan fingerprint density at radius 3 is 2.20 bits per heavy atom. The molecule has 2 N–H and O–H groups in total. The van der Waals surface area contributed by atoms with Gasteiger partial charge in [-0.3, -0.25) is 10.8 Å². The standard InChI is InChI=1S/C7H11N3/c1-2-5-10-6(8)3-4-7(10)9/h3-4,8-9H,2,5H2,1H3. The molecule has 0 aliphatic carbocycles. The predicted octanol–water partition coefficient (Wildman–Crippen LogP) is 1.22. The van der Waals surface area contributed by atoms with E-state index in [1.54, 1.807) is 17.1 Å². The lowest BCUT2D eigenvalue weighted by molar-refractivity contribution is 0.600. The number of hydrogen-bond donors (Lipinski definition) is 2. The third kappa shape index (κ3) is 1.07. The average Bonchev–Trinajstić information content (AvgIpc) is 2.20. The molecule has 0 fully saturated rings. The molecule has 0 spiro atoms. The van der Waals surface area contributed by atoms with Gasteiger partial charge in [0.15, 0.2) is 0 Å². The normalized spacial score (nSPS) is 17.1.